The lowest BCUT2D eigenvalue weighted by atomic mass is 9.90. The van der Waals surface area contributed by atoms with Crippen LogP contribution in [-0.2, 0) is 16.0 Å². The van der Waals surface area contributed by atoms with Gasteiger partial charge in [0.05, 0.1) is 13.2 Å². The Morgan fingerprint density at radius 2 is 2.04 bits per heavy atom. The Labute approximate surface area is 149 Å². The number of amides is 1. The molecule has 0 radical (unpaired) electrons. The van der Waals surface area contributed by atoms with Gasteiger partial charge in [-0.3, -0.25) is 9.69 Å². The molecule has 3 aliphatic rings. The number of nitrogens with zero attached hydrogens (tertiary/aromatic N) is 4. The van der Waals surface area contributed by atoms with Crippen LogP contribution in [0.5, 0.6) is 0 Å². The maximum atomic E-state index is 12.6. The van der Waals surface area contributed by atoms with Crippen LogP contribution in [-0.4, -0.2) is 64.0 Å². The standard InChI is InChI=1S/C18H29N5O2/c24-17(19-8-5-16-21-20-14-23(16)15-3-4-15)13-18(6-1-2-7-18)22-9-11-25-12-10-22/h14-15H,1-13H2,(H,19,24). The van der Waals surface area contributed by atoms with Crippen molar-refractivity contribution in [2.45, 2.75) is 62.9 Å². The summed E-state index contributed by atoms with van der Waals surface area (Å²) in [6.07, 6.45) is 10.4. The van der Waals surface area contributed by atoms with Crippen LogP contribution in [0, 0.1) is 0 Å². The Hall–Kier alpha value is -1.47. The van der Waals surface area contributed by atoms with Crippen molar-refractivity contribution >= 4 is 5.91 Å². The summed E-state index contributed by atoms with van der Waals surface area (Å²) in [5.41, 5.74) is 0.0574. The number of aromatic nitrogens is 3. The summed E-state index contributed by atoms with van der Waals surface area (Å²) in [7, 11) is 0. The van der Waals surface area contributed by atoms with E-state index in [1.807, 2.05) is 6.33 Å². The second kappa shape index (κ2) is 7.41. The molecule has 138 valence electrons. The highest BCUT2D eigenvalue weighted by Gasteiger charge is 2.41. The van der Waals surface area contributed by atoms with Crippen LogP contribution < -0.4 is 5.32 Å². The fourth-order valence-electron chi connectivity index (χ4n) is 4.45. The van der Waals surface area contributed by atoms with Gasteiger partial charge in [-0.1, -0.05) is 12.8 Å². The first-order valence-electron chi connectivity index (χ1n) is 9.75. The third-order valence-electron chi connectivity index (χ3n) is 5.96. The van der Waals surface area contributed by atoms with Gasteiger partial charge in [0, 0.05) is 44.1 Å². The molecule has 2 saturated carbocycles. The third kappa shape index (κ3) is 3.87. The van der Waals surface area contributed by atoms with Gasteiger partial charge in [-0.25, -0.2) is 0 Å². The van der Waals surface area contributed by atoms with Crippen LogP contribution in [0.15, 0.2) is 6.33 Å². The Morgan fingerprint density at radius 1 is 1.28 bits per heavy atom. The van der Waals surface area contributed by atoms with Gasteiger partial charge in [0.15, 0.2) is 0 Å². The number of hydrogen-bond acceptors (Lipinski definition) is 5. The van der Waals surface area contributed by atoms with Crippen LogP contribution >= 0.6 is 0 Å². The molecule has 25 heavy (non-hydrogen) atoms. The van der Waals surface area contributed by atoms with Crippen molar-refractivity contribution in [1.82, 2.24) is 25.0 Å². The van der Waals surface area contributed by atoms with Gasteiger partial charge in [0.2, 0.25) is 5.91 Å². The molecular formula is C18H29N5O2. The van der Waals surface area contributed by atoms with E-state index in [0.29, 0.717) is 19.0 Å². The zero-order chi connectivity index (χ0) is 17.1. The zero-order valence-corrected chi connectivity index (χ0v) is 15.0. The largest absolute Gasteiger partial charge is 0.379 e. The van der Waals surface area contributed by atoms with E-state index in [-0.39, 0.29) is 11.4 Å². The van der Waals surface area contributed by atoms with Crippen molar-refractivity contribution < 1.29 is 9.53 Å². The molecule has 7 heteroatoms. The lowest BCUT2D eigenvalue weighted by Gasteiger charge is -2.43. The van der Waals surface area contributed by atoms with Gasteiger partial charge < -0.3 is 14.6 Å². The molecule has 1 aliphatic heterocycles. The lowest BCUT2D eigenvalue weighted by Crippen LogP contribution is -2.54. The summed E-state index contributed by atoms with van der Waals surface area (Å²) in [5, 5.41) is 11.3. The first-order chi connectivity index (χ1) is 12.3. The minimum Gasteiger partial charge on any atom is -0.379 e. The number of carbonyl (C=O) groups is 1. The maximum Gasteiger partial charge on any atom is 0.221 e. The normalized spacial score (nSPS) is 23.7. The number of ether oxygens (including phenoxy) is 1. The highest BCUT2D eigenvalue weighted by Crippen LogP contribution is 2.38. The van der Waals surface area contributed by atoms with Gasteiger partial charge >= 0.3 is 0 Å². The summed E-state index contributed by atoms with van der Waals surface area (Å²) < 4.78 is 7.66. The van der Waals surface area contributed by atoms with Crippen molar-refractivity contribution in [1.29, 1.82) is 0 Å². The predicted molar refractivity (Wildman–Crippen MR) is 93.2 cm³/mol. The van der Waals surface area contributed by atoms with Gasteiger partial charge in [-0.2, -0.15) is 0 Å². The van der Waals surface area contributed by atoms with Crippen molar-refractivity contribution in [2.24, 2.45) is 0 Å². The van der Waals surface area contributed by atoms with Crippen molar-refractivity contribution in [3.05, 3.63) is 12.2 Å². The lowest BCUT2D eigenvalue weighted by molar-refractivity contribution is -0.125. The molecule has 1 aromatic heterocycles. The van der Waals surface area contributed by atoms with Crippen molar-refractivity contribution in [3.63, 3.8) is 0 Å². The van der Waals surface area contributed by atoms with Crippen molar-refractivity contribution in [2.75, 3.05) is 32.8 Å². The molecular weight excluding hydrogens is 318 g/mol. The highest BCUT2D eigenvalue weighted by molar-refractivity contribution is 5.77. The molecule has 3 fully saturated rings. The number of hydrogen-bond donors (Lipinski definition) is 1. The molecule has 4 rings (SSSR count). The van der Waals surface area contributed by atoms with Gasteiger partial charge in [0.1, 0.15) is 12.2 Å². The molecule has 7 nitrogen and oxygen atoms in total. The average molecular weight is 347 g/mol. The van der Waals surface area contributed by atoms with E-state index in [0.717, 1.165) is 51.4 Å². The summed E-state index contributed by atoms with van der Waals surface area (Å²) >= 11 is 0. The first-order valence-corrected chi connectivity index (χ1v) is 9.75. The van der Waals surface area contributed by atoms with E-state index in [2.05, 4.69) is 25.0 Å². The molecule has 1 saturated heterocycles. The first kappa shape index (κ1) is 17.0. The Bertz CT molecular complexity index is 586. The molecule has 1 aromatic rings. The van der Waals surface area contributed by atoms with Crippen LogP contribution in [0.2, 0.25) is 0 Å². The highest BCUT2D eigenvalue weighted by atomic mass is 16.5. The zero-order valence-electron chi connectivity index (χ0n) is 15.0. The summed E-state index contributed by atoms with van der Waals surface area (Å²) in [5.74, 6) is 1.16. The topological polar surface area (TPSA) is 72.3 Å². The summed E-state index contributed by atoms with van der Waals surface area (Å²) in [6, 6.07) is 0.587. The molecule has 2 heterocycles. The van der Waals surface area contributed by atoms with Crippen LogP contribution in [0.4, 0.5) is 0 Å². The van der Waals surface area contributed by atoms with Crippen LogP contribution in [0.1, 0.15) is 56.8 Å². The van der Waals surface area contributed by atoms with E-state index in [4.69, 9.17) is 4.74 Å². The van der Waals surface area contributed by atoms with Crippen LogP contribution in [0.25, 0.3) is 0 Å². The molecule has 2 aliphatic carbocycles. The van der Waals surface area contributed by atoms with Gasteiger partial charge in [0.25, 0.3) is 0 Å². The fourth-order valence-corrected chi connectivity index (χ4v) is 4.45. The predicted octanol–water partition coefficient (Wildman–Crippen LogP) is 1.31. The minimum absolute atomic E-state index is 0.0574. The Kier molecular flexibility index (Phi) is 5.03. The molecule has 1 N–H and O–H groups in total. The van der Waals surface area contributed by atoms with Crippen LogP contribution in [0.3, 0.4) is 0 Å². The SMILES string of the molecule is O=C(CC1(N2CCOCC2)CCCC1)NCCc1nncn1C1CC1. The molecule has 0 atom stereocenters. The summed E-state index contributed by atoms with van der Waals surface area (Å²) in [6.45, 7) is 4.14. The molecule has 0 bridgehead atoms. The molecule has 0 aromatic carbocycles. The average Bonchev–Trinajstić information content (AvgIpc) is 3.18. The summed E-state index contributed by atoms with van der Waals surface area (Å²) in [4.78, 5) is 15.1. The minimum atomic E-state index is 0.0574. The number of carbonyl (C=O) groups excluding carboxylic acids is 1. The third-order valence-corrected chi connectivity index (χ3v) is 5.96. The van der Waals surface area contributed by atoms with E-state index < -0.39 is 0 Å². The number of morpholine rings is 1. The quantitative estimate of drug-likeness (QED) is 0.805. The van der Waals surface area contributed by atoms with Gasteiger partial charge in [-0.15, -0.1) is 10.2 Å². The Balaban J connectivity index is 1.29. The number of rotatable bonds is 7. The monoisotopic (exact) mass is 347 g/mol. The van der Waals surface area contributed by atoms with E-state index >= 15 is 0 Å². The fraction of sp³-hybridized carbons (Fsp3) is 0.833. The molecule has 0 spiro atoms. The molecule has 1 amide bonds. The second-order valence-corrected chi connectivity index (χ2v) is 7.69. The maximum absolute atomic E-state index is 12.6. The smallest absolute Gasteiger partial charge is 0.221 e. The van der Waals surface area contributed by atoms with E-state index in [1.165, 1.54) is 25.7 Å². The molecule has 0 unspecified atom stereocenters. The van der Waals surface area contributed by atoms with E-state index in [9.17, 15) is 4.79 Å². The second-order valence-electron chi connectivity index (χ2n) is 7.69. The van der Waals surface area contributed by atoms with E-state index in [1.54, 1.807) is 0 Å². The van der Waals surface area contributed by atoms with Gasteiger partial charge in [-0.05, 0) is 25.7 Å². The van der Waals surface area contributed by atoms with Crippen molar-refractivity contribution in [3.8, 4) is 0 Å². The number of nitrogens with one attached hydrogen (secondary N) is 1. The Morgan fingerprint density at radius 3 is 2.76 bits per heavy atom.